The van der Waals surface area contributed by atoms with E-state index in [0.717, 1.165) is 18.5 Å². The van der Waals surface area contributed by atoms with E-state index in [4.69, 9.17) is 0 Å². The molecule has 0 aliphatic carbocycles. The standard InChI is InChI=1S/C21H25N5O3/c1-14-11-18(27)24-21(22-14)25-9-7-16(8-10-25)23-20(29)15-12-19(28)26(13-15)17-5-3-2-4-6-17/h2-6,11,15-16H,7-10,12-13H2,1H3,(H,23,29)(H,22,24,27)/t15-/m1/s1. The number of H-pyrrole nitrogens is 1. The topological polar surface area (TPSA) is 98.4 Å². The largest absolute Gasteiger partial charge is 0.353 e. The molecule has 0 unspecified atom stereocenters. The number of nitrogens with zero attached hydrogens (tertiary/aromatic N) is 3. The summed E-state index contributed by atoms with van der Waals surface area (Å²) >= 11 is 0. The van der Waals surface area contributed by atoms with Crippen LogP contribution in [0.25, 0.3) is 0 Å². The zero-order valence-electron chi connectivity index (χ0n) is 16.4. The van der Waals surface area contributed by atoms with Gasteiger partial charge in [-0.25, -0.2) is 4.98 Å². The number of carbonyl (C=O) groups is 2. The molecule has 0 radical (unpaired) electrons. The van der Waals surface area contributed by atoms with Crippen molar-refractivity contribution >= 4 is 23.5 Å². The van der Waals surface area contributed by atoms with Crippen LogP contribution in [0.4, 0.5) is 11.6 Å². The highest BCUT2D eigenvalue weighted by Gasteiger charge is 2.36. The Bertz CT molecular complexity index is 950. The summed E-state index contributed by atoms with van der Waals surface area (Å²) in [4.78, 5) is 47.6. The zero-order chi connectivity index (χ0) is 20.4. The van der Waals surface area contributed by atoms with Crippen molar-refractivity contribution in [1.82, 2.24) is 15.3 Å². The van der Waals surface area contributed by atoms with E-state index in [1.54, 1.807) is 11.8 Å². The zero-order valence-corrected chi connectivity index (χ0v) is 16.4. The lowest BCUT2D eigenvalue weighted by molar-refractivity contribution is -0.127. The summed E-state index contributed by atoms with van der Waals surface area (Å²) in [6.07, 6.45) is 1.78. The predicted molar refractivity (Wildman–Crippen MR) is 110 cm³/mol. The third-order valence-corrected chi connectivity index (χ3v) is 5.56. The van der Waals surface area contributed by atoms with Gasteiger partial charge in [-0.1, -0.05) is 18.2 Å². The number of nitrogens with one attached hydrogen (secondary N) is 2. The summed E-state index contributed by atoms with van der Waals surface area (Å²) in [7, 11) is 0. The van der Waals surface area contributed by atoms with Crippen LogP contribution in [0.15, 0.2) is 41.2 Å². The summed E-state index contributed by atoms with van der Waals surface area (Å²) in [6, 6.07) is 11.0. The van der Waals surface area contributed by atoms with Gasteiger partial charge in [-0.2, -0.15) is 0 Å². The molecule has 2 saturated heterocycles. The molecule has 4 rings (SSSR count). The molecule has 8 heteroatoms. The molecule has 1 aromatic carbocycles. The van der Waals surface area contributed by atoms with Crippen molar-refractivity contribution in [3.8, 4) is 0 Å². The first-order valence-electron chi connectivity index (χ1n) is 9.98. The first-order valence-corrected chi connectivity index (χ1v) is 9.98. The molecule has 2 fully saturated rings. The van der Waals surface area contributed by atoms with Crippen LogP contribution >= 0.6 is 0 Å². The molecule has 1 atom stereocenters. The van der Waals surface area contributed by atoms with E-state index in [2.05, 4.69) is 15.3 Å². The van der Waals surface area contributed by atoms with Gasteiger partial charge in [0.1, 0.15) is 0 Å². The van der Waals surface area contributed by atoms with E-state index in [9.17, 15) is 14.4 Å². The maximum Gasteiger partial charge on any atom is 0.252 e. The lowest BCUT2D eigenvalue weighted by Crippen LogP contribution is -2.47. The molecule has 3 heterocycles. The van der Waals surface area contributed by atoms with E-state index in [1.165, 1.54) is 6.07 Å². The maximum absolute atomic E-state index is 12.7. The predicted octanol–water partition coefficient (Wildman–Crippen LogP) is 1.22. The Morgan fingerprint density at radius 2 is 1.90 bits per heavy atom. The van der Waals surface area contributed by atoms with Crippen molar-refractivity contribution in [2.75, 3.05) is 29.4 Å². The Hall–Kier alpha value is -3.16. The summed E-state index contributed by atoms with van der Waals surface area (Å²) in [5, 5.41) is 3.11. The van der Waals surface area contributed by atoms with Crippen LogP contribution in [0.5, 0.6) is 0 Å². The van der Waals surface area contributed by atoms with Gasteiger partial charge in [-0.05, 0) is 31.9 Å². The number of para-hydroxylation sites is 1. The summed E-state index contributed by atoms with van der Waals surface area (Å²) < 4.78 is 0. The third kappa shape index (κ3) is 4.31. The Kier molecular flexibility index (Phi) is 5.33. The summed E-state index contributed by atoms with van der Waals surface area (Å²) in [5.74, 6) is 0.188. The molecule has 8 nitrogen and oxygen atoms in total. The van der Waals surface area contributed by atoms with Crippen LogP contribution < -0.4 is 20.7 Å². The van der Waals surface area contributed by atoms with E-state index in [-0.39, 0.29) is 35.8 Å². The second kappa shape index (κ2) is 8.06. The number of benzene rings is 1. The van der Waals surface area contributed by atoms with E-state index in [0.29, 0.717) is 31.3 Å². The molecule has 0 bridgehead atoms. The molecule has 0 spiro atoms. The number of piperidine rings is 1. The van der Waals surface area contributed by atoms with E-state index < -0.39 is 0 Å². The van der Waals surface area contributed by atoms with Gasteiger partial charge >= 0.3 is 0 Å². The lowest BCUT2D eigenvalue weighted by atomic mass is 10.0. The molecule has 2 aliphatic heterocycles. The quantitative estimate of drug-likeness (QED) is 0.811. The maximum atomic E-state index is 12.7. The van der Waals surface area contributed by atoms with Gasteiger partial charge in [0.05, 0.1) is 5.92 Å². The number of rotatable bonds is 4. The SMILES string of the molecule is Cc1cc(=O)[nH]c(N2CCC(NC(=O)[C@@H]3CC(=O)N(c4ccccc4)C3)CC2)n1. The Labute approximate surface area is 168 Å². The molecular weight excluding hydrogens is 370 g/mol. The second-order valence-corrected chi connectivity index (χ2v) is 7.72. The van der Waals surface area contributed by atoms with Gasteiger partial charge in [0, 0.05) is 49.5 Å². The summed E-state index contributed by atoms with van der Waals surface area (Å²) in [5.41, 5.74) is 1.37. The number of carbonyl (C=O) groups excluding carboxylic acids is 2. The van der Waals surface area contributed by atoms with Crippen LogP contribution in [0.1, 0.15) is 25.0 Å². The molecule has 29 heavy (non-hydrogen) atoms. The van der Waals surface area contributed by atoms with Crippen LogP contribution in [0, 0.1) is 12.8 Å². The average Bonchev–Trinajstić information content (AvgIpc) is 3.10. The minimum atomic E-state index is -0.324. The molecule has 152 valence electrons. The number of aromatic amines is 1. The highest BCUT2D eigenvalue weighted by molar-refractivity contribution is 6.00. The molecule has 2 amide bonds. The van der Waals surface area contributed by atoms with Gasteiger partial charge in [0.25, 0.3) is 5.56 Å². The van der Waals surface area contributed by atoms with Crippen molar-refractivity contribution in [3.63, 3.8) is 0 Å². The minimum Gasteiger partial charge on any atom is -0.353 e. The second-order valence-electron chi connectivity index (χ2n) is 7.72. The molecule has 2 N–H and O–H groups in total. The smallest absolute Gasteiger partial charge is 0.252 e. The number of anilines is 2. The first-order chi connectivity index (χ1) is 14.0. The van der Waals surface area contributed by atoms with Crippen molar-refractivity contribution in [2.45, 2.75) is 32.2 Å². The number of hydrogen-bond acceptors (Lipinski definition) is 5. The summed E-state index contributed by atoms with van der Waals surface area (Å²) in [6.45, 7) is 3.63. The van der Waals surface area contributed by atoms with Crippen LogP contribution in [-0.4, -0.2) is 47.5 Å². The third-order valence-electron chi connectivity index (χ3n) is 5.56. The Morgan fingerprint density at radius 1 is 1.17 bits per heavy atom. The number of hydrogen-bond donors (Lipinski definition) is 2. The van der Waals surface area contributed by atoms with Crippen molar-refractivity contribution < 1.29 is 9.59 Å². The van der Waals surface area contributed by atoms with Gasteiger partial charge in [0.15, 0.2) is 0 Å². The number of aryl methyl sites for hydroxylation is 1. The highest BCUT2D eigenvalue weighted by Crippen LogP contribution is 2.25. The van der Waals surface area contributed by atoms with Crippen LogP contribution in [0.2, 0.25) is 0 Å². The van der Waals surface area contributed by atoms with Crippen molar-refractivity contribution in [2.24, 2.45) is 5.92 Å². The Morgan fingerprint density at radius 3 is 2.59 bits per heavy atom. The van der Waals surface area contributed by atoms with E-state index in [1.807, 2.05) is 35.2 Å². The molecule has 0 saturated carbocycles. The first kappa shape index (κ1) is 19.2. The van der Waals surface area contributed by atoms with Crippen LogP contribution in [-0.2, 0) is 9.59 Å². The minimum absolute atomic E-state index is 0.0133. The Balaban J connectivity index is 1.31. The molecule has 1 aromatic heterocycles. The fourth-order valence-corrected chi connectivity index (χ4v) is 4.01. The number of amides is 2. The fourth-order valence-electron chi connectivity index (χ4n) is 4.01. The number of aromatic nitrogens is 2. The van der Waals surface area contributed by atoms with Gasteiger partial charge in [-0.15, -0.1) is 0 Å². The van der Waals surface area contributed by atoms with Crippen LogP contribution in [0.3, 0.4) is 0 Å². The van der Waals surface area contributed by atoms with E-state index >= 15 is 0 Å². The molecule has 2 aliphatic rings. The normalized spacial score (nSPS) is 20.2. The average molecular weight is 395 g/mol. The van der Waals surface area contributed by atoms with Gasteiger partial charge in [0.2, 0.25) is 17.8 Å². The van der Waals surface area contributed by atoms with Gasteiger partial charge in [-0.3, -0.25) is 19.4 Å². The molecular formula is C21H25N5O3. The van der Waals surface area contributed by atoms with Gasteiger partial charge < -0.3 is 15.1 Å². The highest BCUT2D eigenvalue weighted by atomic mass is 16.2. The van der Waals surface area contributed by atoms with Crippen molar-refractivity contribution in [3.05, 3.63) is 52.4 Å². The van der Waals surface area contributed by atoms with Crippen molar-refractivity contribution in [1.29, 1.82) is 0 Å². The fraction of sp³-hybridized carbons (Fsp3) is 0.429. The lowest BCUT2D eigenvalue weighted by Gasteiger charge is -2.33. The molecule has 2 aromatic rings. The monoisotopic (exact) mass is 395 g/mol.